The van der Waals surface area contributed by atoms with Gasteiger partial charge >= 0.3 is 12.0 Å². The molecule has 0 heterocycles. The molecule has 108 valence electrons. The standard InChI is InChI=1S/C14H24N2O3/c1-13(2)7-10(13)8-15-12(19)16-9-14(11(17)18)5-3-4-6-14/h10H,3-9H2,1-2H3,(H,17,18)(H2,15,16,19). The highest BCUT2D eigenvalue weighted by molar-refractivity contribution is 5.78. The van der Waals surface area contributed by atoms with Gasteiger partial charge in [-0.2, -0.15) is 0 Å². The number of carboxylic acid groups (broad SMARTS) is 1. The van der Waals surface area contributed by atoms with Gasteiger partial charge in [0, 0.05) is 13.1 Å². The summed E-state index contributed by atoms with van der Waals surface area (Å²) >= 11 is 0. The Hall–Kier alpha value is -1.26. The molecule has 0 aromatic carbocycles. The lowest BCUT2D eigenvalue weighted by molar-refractivity contribution is -0.148. The second kappa shape index (κ2) is 5.02. The zero-order valence-electron chi connectivity index (χ0n) is 11.8. The van der Waals surface area contributed by atoms with Gasteiger partial charge in [-0.25, -0.2) is 4.79 Å². The lowest BCUT2D eigenvalue weighted by Crippen LogP contribution is -2.45. The van der Waals surface area contributed by atoms with Gasteiger partial charge in [0.1, 0.15) is 0 Å². The lowest BCUT2D eigenvalue weighted by Gasteiger charge is -2.24. The van der Waals surface area contributed by atoms with E-state index in [2.05, 4.69) is 24.5 Å². The number of carboxylic acids is 1. The van der Waals surface area contributed by atoms with Crippen molar-refractivity contribution in [3.63, 3.8) is 0 Å². The summed E-state index contributed by atoms with van der Waals surface area (Å²) in [6.45, 7) is 5.30. The number of hydrogen-bond donors (Lipinski definition) is 3. The number of carbonyl (C=O) groups is 2. The zero-order valence-corrected chi connectivity index (χ0v) is 11.8. The van der Waals surface area contributed by atoms with Gasteiger partial charge in [-0.15, -0.1) is 0 Å². The minimum absolute atomic E-state index is 0.238. The zero-order chi connectivity index (χ0) is 14.1. The monoisotopic (exact) mass is 268 g/mol. The molecule has 0 aromatic rings. The molecule has 2 saturated carbocycles. The fraction of sp³-hybridized carbons (Fsp3) is 0.857. The van der Waals surface area contributed by atoms with Gasteiger partial charge in [-0.3, -0.25) is 4.79 Å². The van der Waals surface area contributed by atoms with Crippen LogP contribution in [0.15, 0.2) is 0 Å². The number of urea groups is 1. The third-order valence-corrected chi connectivity index (χ3v) is 4.83. The first-order chi connectivity index (χ1) is 8.86. The van der Waals surface area contributed by atoms with E-state index in [9.17, 15) is 14.7 Å². The summed E-state index contributed by atoms with van der Waals surface area (Å²) in [6.07, 6.45) is 4.35. The smallest absolute Gasteiger partial charge is 0.314 e. The molecule has 5 nitrogen and oxygen atoms in total. The Bertz CT molecular complexity index is 373. The van der Waals surface area contributed by atoms with Crippen LogP contribution in [-0.2, 0) is 4.79 Å². The summed E-state index contributed by atoms with van der Waals surface area (Å²) in [4.78, 5) is 23.0. The maximum absolute atomic E-state index is 11.7. The van der Waals surface area contributed by atoms with Crippen molar-refractivity contribution in [2.24, 2.45) is 16.7 Å². The third-order valence-electron chi connectivity index (χ3n) is 4.83. The van der Waals surface area contributed by atoms with Crippen molar-refractivity contribution in [2.75, 3.05) is 13.1 Å². The van der Waals surface area contributed by atoms with E-state index in [1.54, 1.807) is 0 Å². The molecule has 0 saturated heterocycles. The molecule has 2 amide bonds. The number of rotatable bonds is 5. The van der Waals surface area contributed by atoms with Gasteiger partial charge in [0.25, 0.3) is 0 Å². The molecular formula is C14H24N2O3. The van der Waals surface area contributed by atoms with Gasteiger partial charge in [-0.1, -0.05) is 26.7 Å². The topological polar surface area (TPSA) is 78.4 Å². The van der Waals surface area contributed by atoms with E-state index in [0.29, 0.717) is 30.7 Å². The Kier molecular flexibility index (Phi) is 3.74. The first-order valence-corrected chi connectivity index (χ1v) is 7.11. The predicted molar refractivity (Wildman–Crippen MR) is 71.8 cm³/mol. The number of hydrogen-bond acceptors (Lipinski definition) is 2. The highest BCUT2D eigenvalue weighted by atomic mass is 16.4. The molecule has 2 rings (SSSR count). The Morgan fingerprint density at radius 3 is 2.26 bits per heavy atom. The molecule has 0 radical (unpaired) electrons. The summed E-state index contributed by atoms with van der Waals surface area (Å²) < 4.78 is 0. The lowest BCUT2D eigenvalue weighted by atomic mass is 9.86. The Labute approximate surface area is 114 Å². The number of aliphatic carboxylic acids is 1. The van der Waals surface area contributed by atoms with Crippen LogP contribution in [0.2, 0.25) is 0 Å². The minimum atomic E-state index is -0.784. The molecule has 0 aromatic heterocycles. The van der Waals surface area contributed by atoms with E-state index in [1.165, 1.54) is 0 Å². The molecule has 0 bridgehead atoms. The van der Waals surface area contributed by atoms with Gasteiger partial charge in [0.15, 0.2) is 0 Å². The molecule has 2 aliphatic carbocycles. The molecule has 3 N–H and O–H groups in total. The van der Waals surface area contributed by atoms with E-state index < -0.39 is 11.4 Å². The minimum Gasteiger partial charge on any atom is -0.481 e. The van der Waals surface area contributed by atoms with Crippen LogP contribution in [0, 0.1) is 16.7 Å². The Morgan fingerprint density at radius 2 is 1.79 bits per heavy atom. The van der Waals surface area contributed by atoms with Crippen LogP contribution >= 0.6 is 0 Å². The van der Waals surface area contributed by atoms with Crippen LogP contribution in [0.3, 0.4) is 0 Å². The van der Waals surface area contributed by atoms with Crippen LogP contribution in [0.5, 0.6) is 0 Å². The van der Waals surface area contributed by atoms with Crippen molar-refractivity contribution in [3.8, 4) is 0 Å². The maximum Gasteiger partial charge on any atom is 0.314 e. The number of nitrogens with one attached hydrogen (secondary N) is 2. The van der Waals surface area contributed by atoms with Crippen molar-refractivity contribution in [1.29, 1.82) is 0 Å². The average Bonchev–Trinajstić information content (AvgIpc) is 2.79. The van der Waals surface area contributed by atoms with E-state index in [1.807, 2.05) is 0 Å². The molecule has 1 unspecified atom stereocenters. The van der Waals surface area contributed by atoms with Gasteiger partial charge in [0.05, 0.1) is 5.41 Å². The Morgan fingerprint density at radius 1 is 1.21 bits per heavy atom. The largest absolute Gasteiger partial charge is 0.481 e. The molecule has 5 heteroatoms. The molecule has 19 heavy (non-hydrogen) atoms. The fourth-order valence-electron chi connectivity index (χ4n) is 2.97. The second-order valence-corrected chi connectivity index (χ2v) is 6.75. The van der Waals surface area contributed by atoms with Crippen molar-refractivity contribution < 1.29 is 14.7 Å². The molecule has 0 aliphatic heterocycles. The van der Waals surface area contributed by atoms with E-state index in [0.717, 1.165) is 19.3 Å². The molecule has 1 atom stereocenters. The first kappa shape index (κ1) is 14.2. The number of amides is 2. The van der Waals surface area contributed by atoms with Gasteiger partial charge < -0.3 is 15.7 Å². The highest BCUT2D eigenvalue weighted by Crippen LogP contribution is 2.50. The summed E-state index contributed by atoms with van der Waals surface area (Å²) in [6, 6.07) is -0.241. The molecule has 2 fully saturated rings. The van der Waals surface area contributed by atoms with Gasteiger partial charge in [-0.05, 0) is 30.6 Å². The molecular weight excluding hydrogens is 244 g/mol. The van der Waals surface area contributed by atoms with Crippen LogP contribution in [0.4, 0.5) is 4.79 Å². The Balaban J connectivity index is 1.72. The maximum atomic E-state index is 11.7. The predicted octanol–water partition coefficient (Wildman–Crippen LogP) is 1.98. The quantitative estimate of drug-likeness (QED) is 0.713. The third kappa shape index (κ3) is 3.19. The van der Waals surface area contributed by atoms with Crippen LogP contribution in [-0.4, -0.2) is 30.2 Å². The molecule has 0 spiro atoms. The van der Waals surface area contributed by atoms with Gasteiger partial charge in [0.2, 0.25) is 0 Å². The summed E-state index contributed by atoms with van der Waals surface area (Å²) in [7, 11) is 0. The first-order valence-electron chi connectivity index (χ1n) is 7.11. The normalized spacial score (nSPS) is 26.7. The SMILES string of the molecule is CC1(C)CC1CNC(=O)NCC1(C(=O)O)CCCC1. The average molecular weight is 268 g/mol. The van der Waals surface area contributed by atoms with Crippen molar-refractivity contribution >= 4 is 12.0 Å². The fourth-order valence-corrected chi connectivity index (χ4v) is 2.97. The van der Waals surface area contributed by atoms with Crippen LogP contribution < -0.4 is 10.6 Å². The van der Waals surface area contributed by atoms with Crippen molar-refractivity contribution in [2.45, 2.75) is 46.0 Å². The summed E-state index contributed by atoms with van der Waals surface area (Å²) in [5.41, 5.74) is -0.392. The van der Waals surface area contributed by atoms with E-state index >= 15 is 0 Å². The van der Waals surface area contributed by atoms with Crippen molar-refractivity contribution in [3.05, 3.63) is 0 Å². The summed E-state index contributed by atoms with van der Waals surface area (Å²) in [5, 5.41) is 14.9. The second-order valence-electron chi connectivity index (χ2n) is 6.75. The van der Waals surface area contributed by atoms with E-state index in [4.69, 9.17) is 0 Å². The molecule has 2 aliphatic rings. The summed E-state index contributed by atoms with van der Waals surface area (Å²) in [5.74, 6) is -0.230. The van der Waals surface area contributed by atoms with Crippen LogP contribution in [0.1, 0.15) is 46.0 Å². The van der Waals surface area contributed by atoms with E-state index in [-0.39, 0.29) is 12.6 Å². The van der Waals surface area contributed by atoms with Crippen LogP contribution in [0.25, 0.3) is 0 Å². The highest BCUT2D eigenvalue weighted by Gasteiger charge is 2.45. The number of carbonyl (C=O) groups excluding carboxylic acids is 1. The van der Waals surface area contributed by atoms with Crippen molar-refractivity contribution in [1.82, 2.24) is 10.6 Å².